The Labute approximate surface area is 202 Å². The molecule has 0 radical (unpaired) electrons. The predicted octanol–water partition coefficient (Wildman–Crippen LogP) is 1.62. The summed E-state index contributed by atoms with van der Waals surface area (Å²) in [6, 6.07) is 2.29. The van der Waals surface area contributed by atoms with E-state index in [1.54, 1.807) is 4.90 Å². The maximum atomic E-state index is 13.9. The SMILES string of the molecule is CCN(CC)[C@H]1C(=O)C(C(N)=O)=C(O)[C@@]2(O)C(=O)C3=C(O)c4c(O)ccc(C5CC5)c4C[C@H]3C[C@@H]12. The quantitative estimate of drug-likeness (QED) is 0.396. The number of nitrogens with two attached hydrogens (primary N) is 1. The number of benzene rings is 1. The van der Waals surface area contributed by atoms with Crippen molar-refractivity contribution in [1.29, 1.82) is 0 Å². The molecular weight excluding hydrogens is 452 g/mol. The Bertz CT molecular complexity index is 1220. The third kappa shape index (κ3) is 3.11. The van der Waals surface area contributed by atoms with Crippen LogP contribution >= 0.6 is 0 Å². The number of ketones is 2. The van der Waals surface area contributed by atoms with Crippen molar-refractivity contribution in [3.63, 3.8) is 0 Å². The molecule has 1 aromatic rings. The fourth-order valence-electron chi connectivity index (χ4n) is 6.49. The summed E-state index contributed by atoms with van der Waals surface area (Å²) in [4.78, 5) is 41.2. The number of Topliss-reactive ketones (excluding diaryl/α,β-unsaturated/α-hetero) is 2. The zero-order valence-corrected chi connectivity index (χ0v) is 19.7. The third-order valence-electron chi connectivity index (χ3n) is 8.31. The van der Waals surface area contributed by atoms with Gasteiger partial charge in [0.2, 0.25) is 5.78 Å². The van der Waals surface area contributed by atoms with Crippen LogP contribution in [0.3, 0.4) is 0 Å². The molecule has 35 heavy (non-hydrogen) atoms. The van der Waals surface area contributed by atoms with Gasteiger partial charge in [-0.1, -0.05) is 19.9 Å². The van der Waals surface area contributed by atoms with Gasteiger partial charge in [-0.2, -0.15) is 0 Å². The number of phenolic OH excluding ortho intramolecular Hbond substituents is 1. The Morgan fingerprint density at radius 3 is 2.34 bits per heavy atom. The maximum Gasteiger partial charge on any atom is 0.255 e. The number of rotatable bonds is 5. The maximum absolute atomic E-state index is 13.9. The predicted molar refractivity (Wildman–Crippen MR) is 125 cm³/mol. The molecule has 0 aliphatic heterocycles. The Morgan fingerprint density at radius 1 is 1.11 bits per heavy atom. The molecule has 4 aliphatic rings. The lowest BCUT2D eigenvalue weighted by atomic mass is 9.57. The van der Waals surface area contributed by atoms with Gasteiger partial charge in [-0.3, -0.25) is 19.3 Å². The lowest BCUT2D eigenvalue weighted by molar-refractivity contribution is -0.154. The number of aliphatic hydroxyl groups excluding tert-OH is 2. The van der Waals surface area contributed by atoms with E-state index < -0.39 is 58.0 Å². The first-order valence-electron chi connectivity index (χ1n) is 12.1. The molecule has 1 amide bonds. The topological polar surface area (TPSA) is 161 Å². The number of aromatic hydroxyl groups is 1. The lowest BCUT2D eigenvalue weighted by Crippen LogP contribution is -2.66. The molecule has 0 unspecified atom stereocenters. The molecule has 1 aromatic carbocycles. The largest absolute Gasteiger partial charge is 0.508 e. The minimum Gasteiger partial charge on any atom is -0.508 e. The molecule has 0 bridgehead atoms. The van der Waals surface area contributed by atoms with Crippen LogP contribution < -0.4 is 5.73 Å². The first-order valence-corrected chi connectivity index (χ1v) is 12.1. The number of hydrogen-bond acceptors (Lipinski definition) is 8. The highest BCUT2D eigenvalue weighted by atomic mass is 16.3. The molecule has 6 N–H and O–H groups in total. The van der Waals surface area contributed by atoms with Crippen LogP contribution in [0, 0.1) is 11.8 Å². The number of amides is 1. The first kappa shape index (κ1) is 23.6. The second-order valence-electron chi connectivity index (χ2n) is 10.0. The number of carbonyl (C=O) groups excluding carboxylic acids is 3. The van der Waals surface area contributed by atoms with E-state index in [1.165, 1.54) is 6.07 Å². The van der Waals surface area contributed by atoms with E-state index in [0.717, 1.165) is 24.0 Å². The highest BCUT2D eigenvalue weighted by Crippen LogP contribution is 2.54. The van der Waals surface area contributed by atoms with Gasteiger partial charge in [-0.05, 0) is 67.8 Å². The van der Waals surface area contributed by atoms with Gasteiger partial charge in [0.05, 0.1) is 11.6 Å². The van der Waals surface area contributed by atoms with Crippen LogP contribution in [0.25, 0.3) is 5.76 Å². The summed E-state index contributed by atoms with van der Waals surface area (Å²) < 4.78 is 0. The van der Waals surface area contributed by atoms with Crippen LogP contribution in [0.4, 0.5) is 0 Å². The number of carbonyl (C=O) groups is 3. The summed E-state index contributed by atoms with van der Waals surface area (Å²) in [5.74, 6) is -5.84. The van der Waals surface area contributed by atoms with Crippen molar-refractivity contribution in [2.24, 2.45) is 17.6 Å². The molecule has 0 spiro atoms. The zero-order chi connectivity index (χ0) is 25.4. The fourth-order valence-corrected chi connectivity index (χ4v) is 6.49. The van der Waals surface area contributed by atoms with E-state index in [-0.39, 0.29) is 23.3 Å². The molecule has 9 nitrogen and oxygen atoms in total. The number of nitrogens with zero attached hydrogens (tertiary/aromatic N) is 1. The standard InChI is InChI=1S/C26H30N2O7/c1-3-28(4-2)20-15-10-12-9-14-13(11-5-6-11)7-8-16(29)18(14)21(30)17(12)23(32)26(15,35)24(33)19(22(20)31)25(27)34/h7-8,11-12,15,20,29-30,33,35H,3-6,9-10H2,1-2H3,(H2,27,34)/t12-,15-,20+,26-/m0/s1. The number of fused-ring (bicyclic) bond motifs is 3. The molecule has 4 aliphatic carbocycles. The molecule has 2 fully saturated rings. The summed E-state index contributed by atoms with van der Waals surface area (Å²) in [6.45, 7) is 4.45. The van der Waals surface area contributed by atoms with Gasteiger partial charge in [0.1, 0.15) is 22.8 Å². The van der Waals surface area contributed by atoms with Gasteiger partial charge in [-0.25, -0.2) is 0 Å². The van der Waals surface area contributed by atoms with Crippen molar-refractivity contribution in [3.8, 4) is 5.75 Å². The number of likely N-dealkylation sites (N-methyl/N-ethyl adjacent to an activating group) is 1. The van der Waals surface area contributed by atoms with Crippen molar-refractivity contribution >= 4 is 23.2 Å². The van der Waals surface area contributed by atoms with Gasteiger partial charge < -0.3 is 26.2 Å². The van der Waals surface area contributed by atoms with E-state index in [1.807, 2.05) is 19.9 Å². The lowest BCUT2D eigenvalue weighted by Gasteiger charge is -2.51. The smallest absolute Gasteiger partial charge is 0.255 e. The van der Waals surface area contributed by atoms with Gasteiger partial charge in [0.15, 0.2) is 11.4 Å². The molecule has 0 aromatic heterocycles. The van der Waals surface area contributed by atoms with E-state index >= 15 is 0 Å². The molecule has 0 saturated heterocycles. The Kier molecular flexibility index (Phi) is 5.34. The summed E-state index contributed by atoms with van der Waals surface area (Å²) >= 11 is 0. The summed E-state index contributed by atoms with van der Waals surface area (Å²) in [5, 5.41) is 44.5. The molecule has 4 atom stereocenters. The number of hydrogen-bond donors (Lipinski definition) is 5. The number of aliphatic hydroxyl groups is 3. The van der Waals surface area contributed by atoms with Gasteiger partial charge in [0, 0.05) is 11.5 Å². The van der Waals surface area contributed by atoms with Crippen molar-refractivity contribution in [2.75, 3.05) is 13.1 Å². The molecule has 5 rings (SSSR count). The highest BCUT2D eigenvalue weighted by molar-refractivity contribution is 6.24. The van der Waals surface area contributed by atoms with Crippen LogP contribution in [0.15, 0.2) is 29.0 Å². The van der Waals surface area contributed by atoms with E-state index in [0.29, 0.717) is 25.4 Å². The Balaban J connectivity index is 1.73. The van der Waals surface area contributed by atoms with Gasteiger partial charge >= 0.3 is 0 Å². The van der Waals surface area contributed by atoms with Crippen LogP contribution in [-0.4, -0.2) is 67.5 Å². The van der Waals surface area contributed by atoms with Gasteiger partial charge in [0.25, 0.3) is 5.91 Å². The van der Waals surface area contributed by atoms with Crippen LogP contribution in [0.5, 0.6) is 5.75 Å². The third-order valence-corrected chi connectivity index (χ3v) is 8.31. The average Bonchev–Trinajstić information content (AvgIpc) is 3.64. The number of phenols is 1. The average molecular weight is 483 g/mol. The molecule has 0 heterocycles. The van der Waals surface area contributed by atoms with Crippen LogP contribution in [-0.2, 0) is 20.8 Å². The molecular formula is C26H30N2O7. The van der Waals surface area contributed by atoms with E-state index in [2.05, 4.69) is 0 Å². The first-order chi connectivity index (χ1) is 16.6. The summed E-state index contributed by atoms with van der Waals surface area (Å²) in [5.41, 5.74) is 3.86. The number of primary amides is 1. The monoisotopic (exact) mass is 482 g/mol. The van der Waals surface area contributed by atoms with Crippen molar-refractivity contribution in [2.45, 2.75) is 57.1 Å². The molecule has 2 saturated carbocycles. The summed E-state index contributed by atoms with van der Waals surface area (Å²) in [6.07, 6.45) is 2.48. The van der Waals surface area contributed by atoms with Crippen molar-refractivity contribution in [3.05, 3.63) is 45.7 Å². The fraction of sp³-hybridized carbons (Fsp3) is 0.500. The second-order valence-corrected chi connectivity index (χ2v) is 10.0. The van der Waals surface area contributed by atoms with Crippen LogP contribution in [0.1, 0.15) is 55.7 Å². The van der Waals surface area contributed by atoms with E-state index in [9.17, 15) is 34.8 Å². The molecule has 9 heteroatoms. The molecule has 186 valence electrons. The van der Waals surface area contributed by atoms with E-state index in [4.69, 9.17) is 5.73 Å². The normalized spacial score (nSPS) is 30.3. The zero-order valence-electron chi connectivity index (χ0n) is 19.7. The minimum atomic E-state index is -2.60. The summed E-state index contributed by atoms with van der Waals surface area (Å²) in [7, 11) is 0. The van der Waals surface area contributed by atoms with Crippen LogP contribution in [0.2, 0.25) is 0 Å². The minimum absolute atomic E-state index is 0.109. The van der Waals surface area contributed by atoms with Crippen molar-refractivity contribution in [1.82, 2.24) is 4.90 Å². The Hall–Kier alpha value is -3.17. The second kappa shape index (κ2) is 7.93. The van der Waals surface area contributed by atoms with Crippen molar-refractivity contribution < 1.29 is 34.8 Å². The Morgan fingerprint density at radius 2 is 1.77 bits per heavy atom. The highest BCUT2D eigenvalue weighted by Gasteiger charge is 2.64. The van der Waals surface area contributed by atoms with Gasteiger partial charge in [-0.15, -0.1) is 0 Å².